The molecule has 0 amide bonds. The van der Waals surface area contributed by atoms with Gasteiger partial charge in [-0.15, -0.1) is 0 Å². The maximum absolute atomic E-state index is 11.7. The molecule has 0 fully saturated rings. The monoisotopic (exact) mass is 333 g/mol. The van der Waals surface area contributed by atoms with Gasteiger partial charge in [-0.1, -0.05) is 41.0 Å². The first kappa shape index (κ1) is 16.8. The number of methoxy groups -OCH3 is 1. The van der Waals surface area contributed by atoms with Gasteiger partial charge in [0.05, 0.1) is 20.0 Å². The molecule has 0 aromatic heterocycles. The van der Waals surface area contributed by atoms with Crippen LogP contribution in [0, 0.1) is 0 Å². The Balaban J connectivity index is 1.85. The number of amidine groups is 1. The molecule has 0 heterocycles. The van der Waals surface area contributed by atoms with Crippen LogP contribution < -0.4 is 15.6 Å². The van der Waals surface area contributed by atoms with Crippen molar-refractivity contribution in [3.05, 3.63) is 64.7 Å². The fourth-order valence-corrected chi connectivity index (χ4v) is 2.05. The average molecular weight is 334 g/mol. The molecular formula is C17H18ClN2O3+. The highest BCUT2D eigenvalue weighted by molar-refractivity contribution is 6.30. The number of carbonyl (C=O) groups excluding carboxylic acids is 1. The Morgan fingerprint density at radius 1 is 1.04 bits per heavy atom. The molecule has 0 unspecified atom stereocenters. The van der Waals surface area contributed by atoms with Crippen molar-refractivity contribution in [2.75, 3.05) is 7.11 Å². The minimum absolute atomic E-state index is 0.139. The van der Waals surface area contributed by atoms with E-state index in [0.29, 0.717) is 17.3 Å². The second-order valence-electron chi connectivity index (χ2n) is 4.93. The van der Waals surface area contributed by atoms with Crippen LogP contribution in [0.25, 0.3) is 0 Å². The van der Waals surface area contributed by atoms with Gasteiger partial charge in [0.15, 0.2) is 0 Å². The standard InChI is InChI=1S/C17H17ClN2O3/c1-22-15-8-4-12(5-9-15)10-16(19)20-23-17(21)11-13-2-6-14(18)7-3-13/h2-9H,10-11H2,1H3,(H2,19,20)/p+1. The average Bonchev–Trinajstić information content (AvgIpc) is 2.56. The molecule has 3 N–H and O–H groups in total. The van der Waals surface area contributed by atoms with E-state index in [1.165, 1.54) is 0 Å². The topological polar surface area (TPSA) is 75.5 Å². The lowest BCUT2D eigenvalue weighted by Gasteiger charge is -2.01. The van der Waals surface area contributed by atoms with Crippen LogP contribution in [0.15, 0.2) is 48.5 Å². The Kier molecular flexibility index (Phi) is 6.00. The summed E-state index contributed by atoms with van der Waals surface area (Å²) in [6.45, 7) is 0. The molecule has 23 heavy (non-hydrogen) atoms. The van der Waals surface area contributed by atoms with Gasteiger partial charge in [0.1, 0.15) is 5.75 Å². The third kappa shape index (κ3) is 5.64. The zero-order valence-corrected chi connectivity index (χ0v) is 13.5. The van der Waals surface area contributed by atoms with Crippen LogP contribution in [0.2, 0.25) is 5.02 Å². The Labute approximate surface area is 139 Å². The fraction of sp³-hybridized carbons (Fsp3) is 0.176. The first-order valence-corrected chi connectivity index (χ1v) is 7.39. The highest BCUT2D eigenvalue weighted by Crippen LogP contribution is 2.11. The molecule has 2 aromatic carbocycles. The molecule has 5 nitrogen and oxygen atoms in total. The summed E-state index contributed by atoms with van der Waals surface area (Å²) in [5, 5.41) is 3.10. The lowest BCUT2D eigenvalue weighted by molar-refractivity contribution is -0.725. The SMILES string of the molecule is COc1ccc(CC(N)=[NH+]OC(=O)Cc2ccc(Cl)cc2)cc1. The first-order valence-electron chi connectivity index (χ1n) is 7.01. The van der Waals surface area contributed by atoms with Gasteiger partial charge < -0.3 is 4.74 Å². The van der Waals surface area contributed by atoms with Crippen LogP contribution >= 0.6 is 11.6 Å². The predicted octanol–water partition coefficient (Wildman–Crippen LogP) is 1.03. The van der Waals surface area contributed by atoms with E-state index in [-0.39, 0.29) is 6.42 Å². The molecule has 0 aliphatic heterocycles. The van der Waals surface area contributed by atoms with E-state index < -0.39 is 5.97 Å². The second-order valence-corrected chi connectivity index (χ2v) is 5.37. The van der Waals surface area contributed by atoms with Crippen molar-refractivity contribution in [2.24, 2.45) is 5.73 Å². The van der Waals surface area contributed by atoms with Crippen LogP contribution in [-0.2, 0) is 22.5 Å². The fourth-order valence-electron chi connectivity index (χ4n) is 1.93. The minimum Gasteiger partial charge on any atom is -0.497 e. The van der Waals surface area contributed by atoms with Crippen LogP contribution in [0.3, 0.4) is 0 Å². The van der Waals surface area contributed by atoms with Crippen molar-refractivity contribution >= 4 is 23.4 Å². The van der Waals surface area contributed by atoms with Gasteiger partial charge in [-0.05, 0) is 35.4 Å². The van der Waals surface area contributed by atoms with Gasteiger partial charge in [-0.25, -0.2) is 4.79 Å². The molecule has 0 atom stereocenters. The molecule has 0 spiro atoms. The van der Waals surface area contributed by atoms with Crippen molar-refractivity contribution in [3.63, 3.8) is 0 Å². The lowest BCUT2D eigenvalue weighted by Crippen LogP contribution is -2.76. The molecule has 0 aliphatic rings. The second kappa shape index (κ2) is 8.19. The first-order chi connectivity index (χ1) is 11.1. The van der Waals surface area contributed by atoms with E-state index in [1.54, 1.807) is 31.4 Å². The number of nitrogens with two attached hydrogens (primary N) is 1. The van der Waals surface area contributed by atoms with Gasteiger partial charge in [0.2, 0.25) is 0 Å². The zero-order chi connectivity index (χ0) is 16.7. The van der Waals surface area contributed by atoms with E-state index in [4.69, 9.17) is 26.9 Å². The van der Waals surface area contributed by atoms with Crippen molar-refractivity contribution in [1.29, 1.82) is 0 Å². The summed E-state index contributed by atoms with van der Waals surface area (Å²) >= 11 is 5.79. The lowest BCUT2D eigenvalue weighted by atomic mass is 10.1. The molecule has 2 aromatic rings. The predicted molar refractivity (Wildman–Crippen MR) is 88.1 cm³/mol. The molecule has 120 valence electrons. The largest absolute Gasteiger partial charge is 0.497 e. The number of rotatable bonds is 6. The number of benzene rings is 2. The van der Waals surface area contributed by atoms with Gasteiger partial charge in [0.25, 0.3) is 5.84 Å². The number of hydrogen-bond donors (Lipinski definition) is 2. The summed E-state index contributed by atoms with van der Waals surface area (Å²) in [5.74, 6) is 0.694. The summed E-state index contributed by atoms with van der Waals surface area (Å²) in [6.07, 6.45) is 0.582. The van der Waals surface area contributed by atoms with E-state index in [9.17, 15) is 4.79 Å². The van der Waals surface area contributed by atoms with Crippen LogP contribution in [0.5, 0.6) is 5.75 Å². The third-order valence-corrected chi connectivity index (χ3v) is 3.36. The van der Waals surface area contributed by atoms with E-state index in [2.05, 4.69) is 5.16 Å². The number of nitrogens with one attached hydrogen (secondary N) is 1. The molecule has 0 aliphatic carbocycles. The smallest absolute Gasteiger partial charge is 0.361 e. The minimum atomic E-state index is -0.426. The zero-order valence-electron chi connectivity index (χ0n) is 12.7. The van der Waals surface area contributed by atoms with Gasteiger partial charge in [0, 0.05) is 5.02 Å². The maximum Gasteiger partial charge on any atom is 0.361 e. The number of halogens is 1. The highest BCUT2D eigenvalue weighted by Gasteiger charge is 2.08. The molecule has 0 bridgehead atoms. The summed E-state index contributed by atoms with van der Waals surface area (Å²) in [6, 6.07) is 14.5. The quantitative estimate of drug-likeness (QED) is 0.358. The Morgan fingerprint density at radius 2 is 1.61 bits per heavy atom. The van der Waals surface area contributed by atoms with E-state index in [1.807, 2.05) is 24.3 Å². The summed E-state index contributed by atoms with van der Waals surface area (Å²) in [7, 11) is 1.61. The molecule has 2 rings (SSSR count). The Hall–Kier alpha value is -2.53. The third-order valence-electron chi connectivity index (χ3n) is 3.11. The van der Waals surface area contributed by atoms with Gasteiger partial charge in [-0.3, -0.25) is 10.6 Å². The maximum atomic E-state index is 11.7. The van der Waals surface area contributed by atoms with Crippen molar-refractivity contribution in [3.8, 4) is 5.75 Å². The van der Waals surface area contributed by atoms with Gasteiger partial charge in [-0.2, -0.15) is 0 Å². The van der Waals surface area contributed by atoms with Crippen LogP contribution in [0.1, 0.15) is 11.1 Å². The molecule has 6 heteroatoms. The summed E-state index contributed by atoms with van der Waals surface area (Å²) in [5.41, 5.74) is 7.61. The molecule has 0 radical (unpaired) electrons. The molecule has 0 saturated heterocycles. The highest BCUT2D eigenvalue weighted by atomic mass is 35.5. The summed E-state index contributed by atoms with van der Waals surface area (Å²) < 4.78 is 5.09. The van der Waals surface area contributed by atoms with Crippen LogP contribution in [-0.4, -0.2) is 18.9 Å². The van der Waals surface area contributed by atoms with Crippen LogP contribution in [0.4, 0.5) is 0 Å². The molecule has 0 saturated carbocycles. The number of hydrogen-bond acceptors (Lipinski definition) is 3. The number of carbonyl (C=O) groups is 1. The normalized spacial score (nSPS) is 11.1. The molecular weight excluding hydrogens is 316 g/mol. The van der Waals surface area contributed by atoms with Crippen molar-refractivity contribution < 1.29 is 19.5 Å². The van der Waals surface area contributed by atoms with Crippen molar-refractivity contribution in [2.45, 2.75) is 12.8 Å². The summed E-state index contributed by atoms with van der Waals surface area (Å²) in [4.78, 5) is 16.7. The van der Waals surface area contributed by atoms with E-state index >= 15 is 0 Å². The Bertz CT molecular complexity index is 682. The number of ether oxygens (including phenoxy) is 1. The van der Waals surface area contributed by atoms with Crippen molar-refractivity contribution in [1.82, 2.24) is 0 Å². The van der Waals surface area contributed by atoms with E-state index in [0.717, 1.165) is 16.9 Å². The Morgan fingerprint density at radius 3 is 2.22 bits per heavy atom. The van der Waals surface area contributed by atoms with Gasteiger partial charge >= 0.3 is 5.97 Å².